The quantitative estimate of drug-likeness (QED) is 0.726. The van der Waals surface area contributed by atoms with Gasteiger partial charge in [-0.15, -0.1) is 11.8 Å². The molecule has 0 fully saturated rings. The van der Waals surface area contributed by atoms with Crippen LogP contribution in [0.2, 0.25) is 5.02 Å². The number of carbonyl (C=O) groups excluding carboxylic acids is 2. The van der Waals surface area contributed by atoms with Crippen molar-refractivity contribution < 1.29 is 19.5 Å². The lowest BCUT2D eigenvalue weighted by atomic mass is 10.4. The third kappa shape index (κ3) is 5.94. The SMILES string of the molecule is NC(=O)CN(CC(=O)O)C(=O)CSc1ccc(Cl)cc1. The molecule has 8 heteroatoms. The van der Waals surface area contributed by atoms with Crippen LogP contribution in [-0.2, 0) is 14.4 Å². The third-order valence-electron chi connectivity index (χ3n) is 2.20. The number of amides is 2. The predicted octanol–water partition coefficient (Wildman–Crippen LogP) is 0.831. The number of aliphatic carboxylic acids is 1. The fraction of sp³-hybridized carbons (Fsp3) is 0.250. The lowest BCUT2D eigenvalue weighted by molar-refractivity contribution is -0.144. The van der Waals surface area contributed by atoms with E-state index in [4.69, 9.17) is 22.4 Å². The van der Waals surface area contributed by atoms with Gasteiger partial charge in [0.1, 0.15) is 6.54 Å². The number of halogens is 1. The number of carboxylic acids is 1. The topological polar surface area (TPSA) is 101 Å². The van der Waals surface area contributed by atoms with Crippen molar-refractivity contribution in [3.05, 3.63) is 29.3 Å². The fourth-order valence-corrected chi connectivity index (χ4v) is 2.28. The summed E-state index contributed by atoms with van der Waals surface area (Å²) in [6.45, 7) is -0.963. The lowest BCUT2D eigenvalue weighted by Crippen LogP contribution is -2.42. The fourth-order valence-electron chi connectivity index (χ4n) is 1.35. The maximum absolute atomic E-state index is 11.9. The second kappa shape index (κ2) is 7.76. The van der Waals surface area contributed by atoms with Crippen LogP contribution in [0.5, 0.6) is 0 Å². The molecule has 0 spiro atoms. The van der Waals surface area contributed by atoms with E-state index in [-0.39, 0.29) is 5.75 Å². The van der Waals surface area contributed by atoms with Crippen molar-refractivity contribution in [1.82, 2.24) is 4.90 Å². The van der Waals surface area contributed by atoms with Crippen LogP contribution in [0.25, 0.3) is 0 Å². The molecule has 1 aromatic rings. The Balaban J connectivity index is 2.58. The molecule has 3 N–H and O–H groups in total. The van der Waals surface area contributed by atoms with E-state index in [0.29, 0.717) is 5.02 Å². The van der Waals surface area contributed by atoms with Gasteiger partial charge in [0.2, 0.25) is 11.8 Å². The highest BCUT2D eigenvalue weighted by Gasteiger charge is 2.18. The van der Waals surface area contributed by atoms with Gasteiger partial charge in [-0.1, -0.05) is 11.6 Å². The van der Waals surface area contributed by atoms with Gasteiger partial charge in [0, 0.05) is 9.92 Å². The van der Waals surface area contributed by atoms with Gasteiger partial charge in [0.25, 0.3) is 0 Å². The Morgan fingerprint density at radius 1 is 1.20 bits per heavy atom. The molecule has 0 saturated carbocycles. The third-order valence-corrected chi connectivity index (χ3v) is 3.45. The number of benzene rings is 1. The summed E-state index contributed by atoms with van der Waals surface area (Å²) in [6.07, 6.45) is 0. The van der Waals surface area contributed by atoms with Crippen LogP contribution in [0.3, 0.4) is 0 Å². The number of primary amides is 1. The molecular formula is C12H13ClN2O4S. The van der Waals surface area contributed by atoms with Crippen molar-refractivity contribution in [2.45, 2.75) is 4.90 Å². The van der Waals surface area contributed by atoms with Crippen molar-refractivity contribution in [2.24, 2.45) is 5.73 Å². The smallest absolute Gasteiger partial charge is 0.323 e. The zero-order chi connectivity index (χ0) is 15.1. The normalized spacial score (nSPS) is 10.1. The molecule has 1 rings (SSSR count). The molecule has 0 aliphatic heterocycles. The highest BCUT2D eigenvalue weighted by molar-refractivity contribution is 8.00. The number of thioether (sulfide) groups is 1. The predicted molar refractivity (Wildman–Crippen MR) is 75.6 cm³/mol. The lowest BCUT2D eigenvalue weighted by Gasteiger charge is -2.18. The molecule has 0 atom stereocenters. The number of nitrogens with two attached hydrogens (primary N) is 1. The Bertz CT molecular complexity index is 491. The minimum absolute atomic E-state index is 0.0161. The molecule has 0 unspecified atom stereocenters. The van der Waals surface area contributed by atoms with E-state index in [1.807, 2.05) is 0 Å². The summed E-state index contributed by atoms with van der Waals surface area (Å²) >= 11 is 6.96. The summed E-state index contributed by atoms with van der Waals surface area (Å²) in [6, 6.07) is 6.87. The number of hydrogen-bond donors (Lipinski definition) is 2. The first-order valence-electron chi connectivity index (χ1n) is 5.54. The standard InChI is InChI=1S/C12H13ClN2O4S/c13-8-1-3-9(4-2-8)20-7-11(17)15(5-10(14)16)6-12(18)19/h1-4H,5-7H2,(H2,14,16)(H,18,19). The average molecular weight is 317 g/mol. The molecule has 0 radical (unpaired) electrons. The van der Waals surface area contributed by atoms with Crippen molar-refractivity contribution in [2.75, 3.05) is 18.8 Å². The summed E-state index contributed by atoms with van der Waals surface area (Å²) in [5.41, 5.74) is 4.98. The van der Waals surface area contributed by atoms with Crippen molar-refractivity contribution in [3.63, 3.8) is 0 Å². The van der Waals surface area contributed by atoms with Crippen LogP contribution in [0.1, 0.15) is 0 Å². The maximum Gasteiger partial charge on any atom is 0.323 e. The van der Waals surface area contributed by atoms with Gasteiger partial charge >= 0.3 is 5.97 Å². The van der Waals surface area contributed by atoms with Gasteiger partial charge in [-0.3, -0.25) is 14.4 Å². The maximum atomic E-state index is 11.9. The Kier molecular flexibility index (Phi) is 6.33. The van der Waals surface area contributed by atoms with E-state index in [1.165, 1.54) is 11.8 Å². The average Bonchev–Trinajstić information content (AvgIpc) is 2.36. The zero-order valence-corrected chi connectivity index (χ0v) is 12.0. The summed E-state index contributed by atoms with van der Waals surface area (Å²) in [4.78, 5) is 35.1. The summed E-state index contributed by atoms with van der Waals surface area (Å²) < 4.78 is 0. The van der Waals surface area contributed by atoms with E-state index < -0.39 is 30.9 Å². The summed E-state index contributed by atoms with van der Waals surface area (Å²) in [5, 5.41) is 9.28. The van der Waals surface area contributed by atoms with Crippen molar-refractivity contribution >= 4 is 41.1 Å². The number of nitrogens with zero attached hydrogens (tertiary/aromatic N) is 1. The van der Waals surface area contributed by atoms with E-state index >= 15 is 0 Å². The number of rotatable bonds is 7. The first-order chi connectivity index (χ1) is 9.38. The largest absolute Gasteiger partial charge is 0.480 e. The molecule has 2 amide bonds. The number of carboxylic acid groups (broad SMARTS) is 1. The van der Waals surface area contributed by atoms with Crippen LogP contribution >= 0.6 is 23.4 Å². The van der Waals surface area contributed by atoms with Crippen LogP contribution in [0.4, 0.5) is 0 Å². The monoisotopic (exact) mass is 316 g/mol. The first kappa shape index (κ1) is 16.3. The molecule has 0 bridgehead atoms. The highest BCUT2D eigenvalue weighted by Crippen LogP contribution is 2.20. The molecule has 0 aliphatic rings. The molecule has 6 nitrogen and oxygen atoms in total. The molecule has 108 valence electrons. The Morgan fingerprint density at radius 3 is 2.30 bits per heavy atom. The zero-order valence-electron chi connectivity index (χ0n) is 10.4. The van der Waals surface area contributed by atoms with Gasteiger partial charge in [-0.05, 0) is 24.3 Å². The molecule has 0 aliphatic carbocycles. The Hall–Kier alpha value is -1.73. The van der Waals surface area contributed by atoms with Gasteiger partial charge < -0.3 is 15.7 Å². The molecule has 20 heavy (non-hydrogen) atoms. The molecule has 1 aromatic carbocycles. The van der Waals surface area contributed by atoms with Crippen LogP contribution in [-0.4, -0.2) is 46.6 Å². The Labute approximate surface area is 124 Å². The van der Waals surface area contributed by atoms with Gasteiger partial charge in [0.05, 0.1) is 12.3 Å². The van der Waals surface area contributed by atoms with Crippen LogP contribution in [0, 0.1) is 0 Å². The van der Waals surface area contributed by atoms with Gasteiger partial charge in [-0.25, -0.2) is 0 Å². The highest BCUT2D eigenvalue weighted by atomic mass is 35.5. The minimum atomic E-state index is -1.20. The van der Waals surface area contributed by atoms with Gasteiger partial charge in [-0.2, -0.15) is 0 Å². The minimum Gasteiger partial charge on any atom is -0.480 e. The number of carbonyl (C=O) groups is 3. The van der Waals surface area contributed by atoms with Crippen LogP contribution < -0.4 is 5.73 Å². The van der Waals surface area contributed by atoms with E-state index in [2.05, 4.69) is 0 Å². The van der Waals surface area contributed by atoms with Crippen molar-refractivity contribution in [3.8, 4) is 0 Å². The molecular weight excluding hydrogens is 304 g/mol. The van der Waals surface area contributed by atoms with Crippen LogP contribution in [0.15, 0.2) is 29.2 Å². The summed E-state index contributed by atoms with van der Waals surface area (Å²) in [5.74, 6) is -2.40. The number of hydrogen-bond acceptors (Lipinski definition) is 4. The van der Waals surface area contributed by atoms with Crippen molar-refractivity contribution in [1.29, 1.82) is 0 Å². The summed E-state index contributed by atoms with van der Waals surface area (Å²) in [7, 11) is 0. The first-order valence-corrected chi connectivity index (χ1v) is 6.91. The second-order valence-electron chi connectivity index (χ2n) is 3.85. The van der Waals surface area contributed by atoms with Gasteiger partial charge in [0.15, 0.2) is 0 Å². The van der Waals surface area contributed by atoms with E-state index in [1.54, 1.807) is 24.3 Å². The second-order valence-corrected chi connectivity index (χ2v) is 5.34. The Morgan fingerprint density at radius 2 is 1.80 bits per heavy atom. The molecule has 0 aromatic heterocycles. The molecule has 0 heterocycles. The van der Waals surface area contributed by atoms with E-state index in [9.17, 15) is 14.4 Å². The van der Waals surface area contributed by atoms with E-state index in [0.717, 1.165) is 9.80 Å². The molecule has 0 saturated heterocycles.